The number of nitrogens with one attached hydrogen (secondary N) is 2. The molecule has 7 heteroatoms. The van der Waals surface area contributed by atoms with Crippen LogP contribution in [0.4, 0.5) is 5.69 Å². The van der Waals surface area contributed by atoms with E-state index in [9.17, 15) is 19.5 Å². The molecule has 1 aliphatic heterocycles. The van der Waals surface area contributed by atoms with Crippen LogP contribution in [0.3, 0.4) is 0 Å². The number of carboxylic acids is 1. The second kappa shape index (κ2) is 6.90. The van der Waals surface area contributed by atoms with Gasteiger partial charge in [-0.3, -0.25) is 14.4 Å². The lowest BCUT2D eigenvalue weighted by molar-refractivity contribution is -0.149. The Morgan fingerprint density at radius 2 is 2.00 bits per heavy atom. The van der Waals surface area contributed by atoms with Crippen molar-refractivity contribution in [2.45, 2.75) is 39.7 Å². The zero-order chi connectivity index (χ0) is 17.9. The smallest absolute Gasteiger partial charge is 0.311 e. The maximum Gasteiger partial charge on any atom is 0.311 e. The molecule has 0 aliphatic carbocycles. The summed E-state index contributed by atoms with van der Waals surface area (Å²) in [4.78, 5) is 35.7. The van der Waals surface area contributed by atoms with Crippen LogP contribution in [-0.2, 0) is 9.59 Å². The number of ether oxygens (including phenoxy) is 1. The molecule has 1 aliphatic rings. The number of fused-ring (bicyclic) bond motifs is 1. The van der Waals surface area contributed by atoms with Gasteiger partial charge in [-0.25, -0.2) is 0 Å². The molecule has 0 saturated carbocycles. The molecule has 24 heavy (non-hydrogen) atoms. The van der Waals surface area contributed by atoms with Crippen LogP contribution >= 0.6 is 0 Å². The number of hydrogen-bond donors (Lipinski definition) is 3. The molecule has 0 bridgehead atoms. The van der Waals surface area contributed by atoms with Crippen LogP contribution in [0.1, 0.15) is 44.0 Å². The summed E-state index contributed by atoms with van der Waals surface area (Å²) in [5, 5.41) is 14.8. The maximum absolute atomic E-state index is 12.5. The van der Waals surface area contributed by atoms with Crippen LogP contribution in [-0.4, -0.2) is 35.5 Å². The minimum absolute atomic E-state index is 0.0275. The molecule has 2 rings (SSSR count). The number of hydrogen-bond acceptors (Lipinski definition) is 4. The predicted octanol–water partition coefficient (Wildman–Crippen LogP) is 2.03. The standard InChI is InChI=1S/C17H22N2O5/c1-4-17(5-2,16(22)23)9-18-15(21)11-7-6-8-12-13(11)24-10(3)14(20)19-12/h6-8,10H,4-5,9H2,1-3H3,(H,18,21)(H,19,20)(H,22,23). The Balaban J connectivity index is 2.21. The summed E-state index contributed by atoms with van der Waals surface area (Å²) in [5.74, 6) is -1.33. The van der Waals surface area contributed by atoms with Crippen molar-refractivity contribution < 1.29 is 24.2 Å². The Hall–Kier alpha value is -2.57. The summed E-state index contributed by atoms with van der Waals surface area (Å²) in [7, 11) is 0. The van der Waals surface area contributed by atoms with Gasteiger partial charge in [0.25, 0.3) is 11.8 Å². The minimum Gasteiger partial charge on any atom is -0.481 e. The van der Waals surface area contributed by atoms with Crippen LogP contribution < -0.4 is 15.4 Å². The Morgan fingerprint density at radius 3 is 2.58 bits per heavy atom. The monoisotopic (exact) mass is 334 g/mol. The molecule has 0 radical (unpaired) electrons. The van der Waals surface area contributed by atoms with Gasteiger partial charge in [-0.1, -0.05) is 19.9 Å². The summed E-state index contributed by atoms with van der Waals surface area (Å²) in [6, 6.07) is 4.87. The molecule has 1 atom stereocenters. The van der Waals surface area contributed by atoms with Gasteiger partial charge < -0.3 is 20.5 Å². The van der Waals surface area contributed by atoms with Crippen molar-refractivity contribution in [2.75, 3.05) is 11.9 Å². The fourth-order valence-electron chi connectivity index (χ4n) is 2.63. The molecule has 2 amide bonds. The molecule has 0 fully saturated rings. The summed E-state index contributed by atoms with van der Waals surface area (Å²) in [5.41, 5.74) is -0.292. The first kappa shape index (κ1) is 17.8. The average Bonchev–Trinajstić information content (AvgIpc) is 2.56. The van der Waals surface area contributed by atoms with Crippen LogP contribution in [0, 0.1) is 5.41 Å². The fourth-order valence-corrected chi connectivity index (χ4v) is 2.63. The Morgan fingerprint density at radius 1 is 1.33 bits per heavy atom. The highest BCUT2D eigenvalue weighted by Crippen LogP contribution is 2.33. The molecule has 1 aromatic carbocycles. The first-order chi connectivity index (χ1) is 11.3. The lowest BCUT2D eigenvalue weighted by Gasteiger charge is -2.28. The Labute approximate surface area is 140 Å². The lowest BCUT2D eigenvalue weighted by Crippen LogP contribution is -2.43. The van der Waals surface area contributed by atoms with Gasteiger partial charge >= 0.3 is 5.97 Å². The Bertz CT molecular complexity index is 667. The lowest BCUT2D eigenvalue weighted by atomic mass is 9.82. The SMILES string of the molecule is CCC(CC)(CNC(=O)c1cccc2c1OC(C)C(=O)N2)C(=O)O. The van der Waals surface area contributed by atoms with E-state index in [4.69, 9.17) is 4.74 Å². The number of rotatable bonds is 6. The van der Waals surface area contributed by atoms with Crippen LogP contribution in [0.15, 0.2) is 18.2 Å². The van der Waals surface area contributed by atoms with E-state index in [1.165, 1.54) is 0 Å². The third-order valence-electron chi connectivity index (χ3n) is 4.58. The van der Waals surface area contributed by atoms with E-state index in [-0.39, 0.29) is 18.0 Å². The quantitative estimate of drug-likeness (QED) is 0.738. The molecule has 7 nitrogen and oxygen atoms in total. The van der Waals surface area contributed by atoms with Crippen molar-refractivity contribution in [3.05, 3.63) is 23.8 Å². The van der Waals surface area contributed by atoms with Gasteiger partial charge in [-0.2, -0.15) is 0 Å². The summed E-state index contributed by atoms with van der Waals surface area (Å²) >= 11 is 0. The number of benzene rings is 1. The van der Waals surface area contributed by atoms with E-state index in [1.54, 1.807) is 39.0 Å². The van der Waals surface area contributed by atoms with Gasteiger partial charge in [0, 0.05) is 6.54 Å². The van der Waals surface area contributed by atoms with Gasteiger partial charge in [0.15, 0.2) is 11.9 Å². The Kier molecular flexibility index (Phi) is 5.11. The normalized spacial score (nSPS) is 16.6. The zero-order valence-corrected chi connectivity index (χ0v) is 14.0. The molecule has 0 aromatic heterocycles. The van der Waals surface area contributed by atoms with E-state index in [1.807, 2.05) is 0 Å². The van der Waals surface area contributed by atoms with E-state index in [0.29, 0.717) is 24.3 Å². The number of carbonyl (C=O) groups is 3. The third kappa shape index (κ3) is 3.20. The van der Waals surface area contributed by atoms with Gasteiger partial charge in [-0.05, 0) is 31.9 Å². The molecular weight excluding hydrogens is 312 g/mol. The first-order valence-corrected chi connectivity index (χ1v) is 7.96. The molecule has 3 N–H and O–H groups in total. The first-order valence-electron chi connectivity index (χ1n) is 7.96. The molecule has 1 heterocycles. The largest absolute Gasteiger partial charge is 0.481 e. The van der Waals surface area contributed by atoms with Crippen molar-refractivity contribution >= 4 is 23.5 Å². The highest BCUT2D eigenvalue weighted by atomic mass is 16.5. The fraction of sp³-hybridized carbons (Fsp3) is 0.471. The second-order valence-electron chi connectivity index (χ2n) is 5.91. The van der Waals surface area contributed by atoms with Crippen molar-refractivity contribution in [1.82, 2.24) is 5.32 Å². The van der Waals surface area contributed by atoms with Crippen molar-refractivity contribution in [3.8, 4) is 5.75 Å². The van der Waals surface area contributed by atoms with E-state index in [0.717, 1.165) is 0 Å². The molecule has 0 saturated heterocycles. The van der Waals surface area contributed by atoms with E-state index < -0.39 is 23.4 Å². The molecule has 130 valence electrons. The maximum atomic E-state index is 12.5. The number of aliphatic carboxylic acids is 1. The van der Waals surface area contributed by atoms with E-state index in [2.05, 4.69) is 10.6 Å². The number of para-hydroxylation sites is 1. The average molecular weight is 334 g/mol. The van der Waals surface area contributed by atoms with Gasteiger partial charge in [0.05, 0.1) is 16.7 Å². The van der Waals surface area contributed by atoms with Crippen LogP contribution in [0.2, 0.25) is 0 Å². The highest BCUT2D eigenvalue weighted by Gasteiger charge is 2.36. The molecule has 1 unspecified atom stereocenters. The van der Waals surface area contributed by atoms with Gasteiger partial charge in [-0.15, -0.1) is 0 Å². The van der Waals surface area contributed by atoms with Gasteiger partial charge in [0.1, 0.15) is 0 Å². The highest BCUT2D eigenvalue weighted by molar-refractivity contribution is 6.04. The minimum atomic E-state index is -0.993. The second-order valence-corrected chi connectivity index (χ2v) is 5.91. The van der Waals surface area contributed by atoms with Crippen LogP contribution in [0.5, 0.6) is 5.75 Å². The molecule has 0 spiro atoms. The zero-order valence-electron chi connectivity index (χ0n) is 14.0. The third-order valence-corrected chi connectivity index (χ3v) is 4.58. The summed E-state index contributed by atoms with van der Waals surface area (Å²) in [6.07, 6.45) is 0.126. The number of amides is 2. The predicted molar refractivity (Wildman–Crippen MR) is 88.1 cm³/mol. The molecule has 1 aromatic rings. The number of carboxylic acid groups (broad SMARTS) is 1. The van der Waals surface area contributed by atoms with Crippen molar-refractivity contribution in [3.63, 3.8) is 0 Å². The number of carbonyl (C=O) groups excluding carboxylic acids is 2. The van der Waals surface area contributed by atoms with Crippen molar-refractivity contribution in [1.29, 1.82) is 0 Å². The van der Waals surface area contributed by atoms with Crippen LogP contribution in [0.25, 0.3) is 0 Å². The topological polar surface area (TPSA) is 105 Å². The molecular formula is C17H22N2O5. The van der Waals surface area contributed by atoms with Crippen molar-refractivity contribution in [2.24, 2.45) is 5.41 Å². The summed E-state index contributed by atoms with van der Waals surface area (Å²) in [6.45, 7) is 5.19. The summed E-state index contributed by atoms with van der Waals surface area (Å²) < 4.78 is 5.54. The van der Waals surface area contributed by atoms with Gasteiger partial charge in [0.2, 0.25) is 0 Å². The number of anilines is 1. The van der Waals surface area contributed by atoms with E-state index >= 15 is 0 Å².